The molecule has 7 heteroatoms. The highest BCUT2D eigenvalue weighted by Gasteiger charge is 2.34. The van der Waals surface area contributed by atoms with Crippen LogP contribution in [0.25, 0.3) is 0 Å². The van der Waals surface area contributed by atoms with Gasteiger partial charge in [-0.3, -0.25) is 5.32 Å². The van der Waals surface area contributed by atoms with Crippen molar-refractivity contribution >= 4 is 11.8 Å². The van der Waals surface area contributed by atoms with E-state index in [1.165, 1.54) is 19.2 Å². The molecule has 0 fully saturated rings. The number of alkyl halides is 2. The van der Waals surface area contributed by atoms with Gasteiger partial charge in [-0.2, -0.15) is 0 Å². The van der Waals surface area contributed by atoms with Crippen LogP contribution in [0.1, 0.15) is 32.8 Å². The Kier molecular flexibility index (Phi) is 5.71. The molecule has 0 aliphatic carbocycles. The van der Waals surface area contributed by atoms with Crippen molar-refractivity contribution in [3.05, 3.63) is 23.8 Å². The summed E-state index contributed by atoms with van der Waals surface area (Å²) in [6, 6.07) is 3.89. The van der Waals surface area contributed by atoms with Crippen LogP contribution in [0.2, 0.25) is 0 Å². The van der Waals surface area contributed by atoms with E-state index in [1.54, 1.807) is 20.8 Å². The van der Waals surface area contributed by atoms with Gasteiger partial charge in [0.25, 0.3) is 5.92 Å². The van der Waals surface area contributed by atoms with Crippen LogP contribution in [0.3, 0.4) is 0 Å². The molecule has 0 saturated carbocycles. The van der Waals surface area contributed by atoms with Gasteiger partial charge in [0.1, 0.15) is 11.4 Å². The first-order chi connectivity index (χ1) is 10.1. The number of halogens is 2. The Labute approximate surface area is 128 Å². The molecule has 0 saturated heterocycles. The van der Waals surface area contributed by atoms with Gasteiger partial charge in [-0.15, -0.1) is 0 Å². The lowest BCUT2D eigenvalue weighted by Gasteiger charge is -2.23. The summed E-state index contributed by atoms with van der Waals surface area (Å²) in [6.45, 7) is 4.32. The van der Waals surface area contributed by atoms with E-state index >= 15 is 0 Å². The summed E-state index contributed by atoms with van der Waals surface area (Å²) in [6.07, 6.45) is -1.60. The minimum atomic E-state index is -3.31. The molecule has 0 heterocycles. The Balaban J connectivity index is 3.11. The summed E-state index contributed by atoms with van der Waals surface area (Å²) in [4.78, 5) is 11.8. The lowest BCUT2D eigenvalue weighted by Crippen LogP contribution is -2.28. The van der Waals surface area contributed by atoms with Crippen molar-refractivity contribution in [2.45, 2.75) is 38.7 Å². The number of aliphatic hydroxyl groups excluding tert-OH is 1. The van der Waals surface area contributed by atoms with Crippen LogP contribution < -0.4 is 10.1 Å². The fourth-order valence-corrected chi connectivity index (χ4v) is 1.75. The smallest absolute Gasteiger partial charge is 0.412 e. The van der Waals surface area contributed by atoms with Crippen LogP contribution in [0.15, 0.2) is 18.2 Å². The Morgan fingerprint density at radius 3 is 2.45 bits per heavy atom. The molecule has 0 aromatic heterocycles. The lowest BCUT2D eigenvalue weighted by molar-refractivity contribution is -0.0264. The zero-order chi connectivity index (χ0) is 17.0. The van der Waals surface area contributed by atoms with Gasteiger partial charge in [-0.05, 0) is 39.0 Å². The van der Waals surface area contributed by atoms with Crippen LogP contribution >= 0.6 is 0 Å². The molecule has 0 atom stereocenters. The van der Waals surface area contributed by atoms with Crippen molar-refractivity contribution in [2.24, 2.45) is 0 Å². The number of carbonyl (C=O) groups excluding carboxylic acids is 1. The van der Waals surface area contributed by atoms with E-state index in [-0.39, 0.29) is 11.4 Å². The number of nitrogens with one attached hydrogen (secondary N) is 1. The maximum atomic E-state index is 14.1. The summed E-state index contributed by atoms with van der Waals surface area (Å²) in [5, 5.41) is 11.1. The Morgan fingerprint density at radius 1 is 1.32 bits per heavy atom. The summed E-state index contributed by atoms with van der Waals surface area (Å²) in [5.41, 5.74) is -1.27. The van der Waals surface area contributed by atoms with Gasteiger partial charge in [0, 0.05) is 18.6 Å². The number of hydrogen-bond donors (Lipinski definition) is 2. The third-order valence-corrected chi connectivity index (χ3v) is 2.68. The van der Waals surface area contributed by atoms with Crippen molar-refractivity contribution in [1.29, 1.82) is 0 Å². The summed E-state index contributed by atoms with van der Waals surface area (Å²) in [7, 11) is 1.35. The quantitative estimate of drug-likeness (QED) is 0.872. The molecule has 124 valence electrons. The average molecular weight is 317 g/mol. The first-order valence-electron chi connectivity index (χ1n) is 6.76. The lowest BCUT2D eigenvalue weighted by atomic mass is 10.0. The number of benzene rings is 1. The number of carbonyl (C=O) groups is 1. The van der Waals surface area contributed by atoms with Gasteiger partial charge in [0.15, 0.2) is 0 Å². The highest BCUT2D eigenvalue weighted by atomic mass is 19.3. The highest BCUT2D eigenvalue weighted by Crippen LogP contribution is 2.38. The number of ether oxygens (including phenoxy) is 2. The molecule has 22 heavy (non-hydrogen) atoms. The van der Waals surface area contributed by atoms with Gasteiger partial charge in [0.05, 0.1) is 12.8 Å². The predicted octanol–water partition coefficient (Wildman–Crippen LogP) is 3.52. The number of aliphatic hydroxyl groups is 1. The molecule has 0 radical (unpaired) electrons. The maximum absolute atomic E-state index is 14.1. The van der Waals surface area contributed by atoms with Crippen molar-refractivity contribution in [3.8, 4) is 5.75 Å². The second kappa shape index (κ2) is 6.91. The van der Waals surface area contributed by atoms with Crippen molar-refractivity contribution in [3.63, 3.8) is 0 Å². The van der Waals surface area contributed by atoms with Crippen LogP contribution in [-0.4, -0.2) is 30.5 Å². The molecule has 1 aromatic carbocycles. The Morgan fingerprint density at radius 2 is 1.95 bits per heavy atom. The SMILES string of the molecule is COc1ccc(NC(=O)OC(C)(C)C)c(C(F)(F)CCO)c1. The molecule has 1 amide bonds. The Bertz CT molecular complexity index is 527. The van der Waals surface area contributed by atoms with E-state index < -0.39 is 36.2 Å². The van der Waals surface area contributed by atoms with E-state index in [9.17, 15) is 13.6 Å². The molecule has 0 aliphatic rings. The van der Waals surface area contributed by atoms with Gasteiger partial charge in [-0.25, -0.2) is 13.6 Å². The monoisotopic (exact) mass is 317 g/mol. The van der Waals surface area contributed by atoms with Gasteiger partial charge < -0.3 is 14.6 Å². The molecule has 0 aliphatic heterocycles. The fourth-order valence-electron chi connectivity index (χ4n) is 1.75. The predicted molar refractivity (Wildman–Crippen MR) is 78.4 cm³/mol. The molecule has 5 nitrogen and oxygen atoms in total. The minimum Gasteiger partial charge on any atom is -0.497 e. The standard InChI is InChI=1S/C15H21F2NO4/c1-14(2,3)22-13(20)18-12-6-5-10(21-4)9-11(12)15(16,17)7-8-19/h5-6,9,19H,7-8H2,1-4H3,(H,18,20). The van der Waals surface area contributed by atoms with E-state index in [2.05, 4.69) is 5.32 Å². The third kappa shape index (κ3) is 5.14. The number of hydrogen-bond acceptors (Lipinski definition) is 4. The van der Waals surface area contributed by atoms with Crippen molar-refractivity contribution in [2.75, 3.05) is 19.0 Å². The van der Waals surface area contributed by atoms with E-state index in [1.807, 2.05) is 0 Å². The maximum Gasteiger partial charge on any atom is 0.412 e. The van der Waals surface area contributed by atoms with Crippen LogP contribution in [0, 0.1) is 0 Å². The van der Waals surface area contributed by atoms with E-state index in [4.69, 9.17) is 14.6 Å². The number of rotatable bonds is 5. The molecule has 1 aromatic rings. The molecular weight excluding hydrogens is 296 g/mol. The van der Waals surface area contributed by atoms with Gasteiger partial charge in [0.2, 0.25) is 0 Å². The summed E-state index contributed by atoms with van der Waals surface area (Å²) < 4.78 is 38.2. The second-order valence-corrected chi connectivity index (χ2v) is 5.72. The van der Waals surface area contributed by atoms with Gasteiger partial charge in [-0.1, -0.05) is 0 Å². The molecule has 0 bridgehead atoms. The molecule has 1 rings (SSSR count). The number of anilines is 1. The third-order valence-electron chi connectivity index (χ3n) is 2.68. The first-order valence-corrected chi connectivity index (χ1v) is 6.76. The van der Waals surface area contributed by atoms with Gasteiger partial charge >= 0.3 is 6.09 Å². The topological polar surface area (TPSA) is 67.8 Å². The molecular formula is C15H21F2NO4. The van der Waals surface area contributed by atoms with Crippen LogP contribution in [0.5, 0.6) is 5.75 Å². The highest BCUT2D eigenvalue weighted by molar-refractivity contribution is 5.86. The zero-order valence-electron chi connectivity index (χ0n) is 13.1. The fraction of sp³-hybridized carbons (Fsp3) is 0.533. The summed E-state index contributed by atoms with van der Waals surface area (Å²) >= 11 is 0. The minimum absolute atomic E-state index is 0.0894. The Hall–Kier alpha value is -1.89. The first kappa shape index (κ1) is 18.2. The van der Waals surface area contributed by atoms with E-state index in [0.29, 0.717) is 0 Å². The normalized spacial score (nSPS) is 12.0. The number of methoxy groups -OCH3 is 1. The van der Waals surface area contributed by atoms with Crippen molar-refractivity contribution in [1.82, 2.24) is 0 Å². The van der Waals surface area contributed by atoms with E-state index in [0.717, 1.165) is 6.07 Å². The molecule has 0 spiro atoms. The second-order valence-electron chi connectivity index (χ2n) is 5.72. The van der Waals surface area contributed by atoms with Crippen molar-refractivity contribution < 1.29 is 28.2 Å². The molecule has 0 unspecified atom stereocenters. The summed E-state index contributed by atoms with van der Waals surface area (Å²) in [5.74, 6) is -3.09. The van der Waals surface area contributed by atoms with Crippen LogP contribution in [-0.2, 0) is 10.7 Å². The van der Waals surface area contributed by atoms with Crippen LogP contribution in [0.4, 0.5) is 19.3 Å². The largest absolute Gasteiger partial charge is 0.497 e. The molecule has 2 N–H and O–H groups in total. The zero-order valence-corrected chi connectivity index (χ0v) is 13.1. The number of amides is 1. The average Bonchev–Trinajstić information content (AvgIpc) is 2.36.